The van der Waals surface area contributed by atoms with Crippen molar-refractivity contribution in [2.24, 2.45) is 22.5 Å². The summed E-state index contributed by atoms with van der Waals surface area (Å²) >= 11 is 0. The van der Waals surface area contributed by atoms with E-state index in [1.165, 1.54) is 25.3 Å². The van der Waals surface area contributed by atoms with Crippen LogP contribution in [0.5, 0.6) is 0 Å². The van der Waals surface area contributed by atoms with E-state index >= 15 is 0 Å². The topological polar surface area (TPSA) is 156 Å². The first-order chi connectivity index (χ1) is 19.8. The first-order valence-electron chi connectivity index (χ1n) is 15.9. The number of unbranched alkanes of at least 4 members (excludes halogenated alkanes) is 6. The van der Waals surface area contributed by atoms with E-state index in [9.17, 15) is 29.7 Å². The predicted octanol–water partition coefficient (Wildman–Crippen LogP) is 3.81. The van der Waals surface area contributed by atoms with Crippen LogP contribution < -0.4 is 5.73 Å². The SMILES string of the molecule is CCCCCCCCCC(=O)O[C@@]12CC[C@]34C=C(C)[C@H](OC(=O)CCC)[C@@]3(O)[C@H](O)C(CO)=C[C@H](C4=O)[C@]1(N)C2(C)C. The predicted molar refractivity (Wildman–Crippen MR) is 157 cm³/mol. The van der Waals surface area contributed by atoms with Gasteiger partial charge in [-0.05, 0) is 43.8 Å². The van der Waals surface area contributed by atoms with Crippen molar-refractivity contribution in [1.82, 2.24) is 0 Å². The molecule has 0 radical (unpaired) electrons. The number of ether oxygens (including phenoxy) is 2. The number of fused-ring (bicyclic) bond motifs is 3. The standard InChI is InChI=1S/C33H51NO8/c1-6-8-9-10-11-12-13-15-25(37)42-31-17-16-30-19-21(3)28(41-24(36)14-7-2)32(30,40)26(38)22(20-35)18-23(27(30)39)33(31,34)29(31,4)5/h18-19,23,26,28,35,38,40H,6-17,20,34H2,1-5H3/t23-,26-,28+,30-,31-,32+,33+/m1/s1. The lowest BCUT2D eigenvalue weighted by molar-refractivity contribution is -0.197. The molecule has 0 aliphatic heterocycles. The van der Waals surface area contributed by atoms with Crippen LogP contribution >= 0.6 is 0 Å². The first-order valence-corrected chi connectivity index (χ1v) is 15.9. The van der Waals surface area contributed by atoms with Gasteiger partial charge in [0.15, 0.2) is 17.5 Å². The van der Waals surface area contributed by atoms with Gasteiger partial charge in [0, 0.05) is 18.3 Å². The van der Waals surface area contributed by atoms with Crippen molar-refractivity contribution in [3.8, 4) is 0 Å². The monoisotopic (exact) mass is 589 g/mol. The molecule has 2 fully saturated rings. The van der Waals surface area contributed by atoms with Crippen molar-refractivity contribution in [2.75, 3.05) is 6.61 Å². The fourth-order valence-corrected chi connectivity index (χ4v) is 8.47. The number of carbonyl (C=O) groups is 3. The van der Waals surface area contributed by atoms with Crippen molar-refractivity contribution in [2.45, 2.75) is 141 Å². The zero-order valence-electron chi connectivity index (χ0n) is 26.0. The van der Waals surface area contributed by atoms with Gasteiger partial charge in [0.1, 0.15) is 11.7 Å². The van der Waals surface area contributed by atoms with E-state index in [1.807, 2.05) is 20.8 Å². The molecule has 42 heavy (non-hydrogen) atoms. The molecule has 0 saturated heterocycles. The van der Waals surface area contributed by atoms with Crippen LogP contribution in [0.1, 0.15) is 112 Å². The number of ketones is 1. The van der Waals surface area contributed by atoms with Gasteiger partial charge in [0.25, 0.3) is 0 Å². The zero-order chi connectivity index (χ0) is 31.1. The number of aliphatic hydroxyl groups excluding tert-OH is 2. The lowest BCUT2D eigenvalue weighted by Crippen LogP contribution is -2.64. The number of carbonyl (C=O) groups excluding carboxylic acids is 3. The molecular formula is C33H51NO8. The Hall–Kier alpha value is -2.07. The smallest absolute Gasteiger partial charge is 0.306 e. The molecule has 5 N–H and O–H groups in total. The van der Waals surface area contributed by atoms with Crippen molar-refractivity contribution < 1.29 is 39.2 Å². The van der Waals surface area contributed by atoms with E-state index < -0.39 is 64.1 Å². The van der Waals surface area contributed by atoms with Crippen LogP contribution in [0.15, 0.2) is 23.3 Å². The number of Topliss-reactive ketones (excluding diaryl/α,β-unsaturated/α-hetero) is 1. The van der Waals surface area contributed by atoms with Crippen LogP contribution in [-0.4, -0.2) is 68.6 Å². The second kappa shape index (κ2) is 11.8. The summed E-state index contributed by atoms with van der Waals surface area (Å²) in [5, 5.41) is 34.3. The normalized spacial score (nSPS) is 37.9. The minimum atomic E-state index is -2.26. The molecule has 4 rings (SSSR count). The molecular weight excluding hydrogens is 538 g/mol. The molecule has 2 bridgehead atoms. The number of nitrogens with two attached hydrogens (primary N) is 1. The van der Waals surface area contributed by atoms with E-state index in [1.54, 1.807) is 13.0 Å². The Kier molecular flexibility index (Phi) is 9.22. The summed E-state index contributed by atoms with van der Waals surface area (Å²) in [5.41, 5.74) is 0.338. The molecule has 236 valence electrons. The van der Waals surface area contributed by atoms with Crippen molar-refractivity contribution in [1.29, 1.82) is 0 Å². The highest BCUT2D eigenvalue weighted by atomic mass is 16.6. The van der Waals surface area contributed by atoms with Gasteiger partial charge in [0.2, 0.25) is 0 Å². The number of hydrogen-bond donors (Lipinski definition) is 4. The Labute approximate surface area is 249 Å². The van der Waals surface area contributed by atoms with Gasteiger partial charge in [-0.2, -0.15) is 0 Å². The number of aliphatic hydroxyl groups is 3. The van der Waals surface area contributed by atoms with Crippen LogP contribution in [0.4, 0.5) is 0 Å². The third-order valence-corrected chi connectivity index (χ3v) is 11.0. The van der Waals surface area contributed by atoms with Crippen LogP contribution in [0, 0.1) is 16.7 Å². The van der Waals surface area contributed by atoms with Gasteiger partial charge < -0.3 is 30.5 Å². The van der Waals surface area contributed by atoms with Gasteiger partial charge in [-0.15, -0.1) is 0 Å². The van der Waals surface area contributed by atoms with Crippen LogP contribution in [-0.2, 0) is 23.9 Å². The molecule has 0 unspecified atom stereocenters. The van der Waals surface area contributed by atoms with E-state index in [4.69, 9.17) is 15.2 Å². The van der Waals surface area contributed by atoms with E-state index in [-0.39, 0.29) is 37.2 Å². The first kappa shape index (κ1) is 32.8. The van der Waals surface area contributed by atoms with Crippen molar-refractivity contribution in [3.05, 3.63) is 23.3 Å². The molecule has 0 aromatic carbocycles. The van der Waals surface area contributed by atoms with E-state index in [0.29, 0.717) is 18.4 Å². The molecule has 7 atom stereocenters. The van der Waals surface area contributed by atoms with Crippen LogP contribution in [0.2, 0.25) is 0 Å². The highest BCUT2D eigenvalue weighted by Crippen LogP contribution is 2.75. The molecule has 9 heteroatoms. The molecule has 2 saturated carbocycles. The summed E-state index contributed by atoms with van der Waals surface area (Å²) in [6, 6.07) is 0. The molecule has 4 aliphatic rings. The van der Waals surface area contributed by atoms with E-state index in [0.717, 1.165) is 19.3 Å². The summed E-state index contributed by atoms with van der Waals surface area (Å²) in [7, 11) is 0. The second-order valence-electron chi connectivity index (χ2n) is 13.6. The van der Waals surface area contributed by atoms with Gasteiger partial charge in [-0.3, -0.25) is 14.4 Å². The second-order valence-corrected chi connectivity index (χ2v) is 13.6. The average Bonchev–Trinajstić information content (AvgIpc) is 3.25. The molecule has 4 aliphatic carbocycles. The number of hydrogen-bond acceptors (Lipinski definition) is 9. The minimum absolute atomic E-state index is 0.0225. The summed E-state index contributed by atoms with van der Waals surface area (Å²) < 4.78 is 12.0. The summed E-state index contributed by atoms with van der Waals surface area (Å²) in [6.07, 6.45) is 8.62. The average molecular weight is 590 g/mol. The Morgan fingerprint density at radius 3 is 2.26 bits per heavy atom. The lowest BCUT2D eigenvalue weighted by atomic mass is 9.63. The largest absolute Gasteiger partial charge is 0.456 e. The third kappa shape index (κ3) is 4.52. The maximum absolute atomic E-state index is 14.6. The number of rotatable bonds is 13. The lowest BCUT2D eigenvalue weighted by Gasteiger charge is -2.46. The third-order valence-electron chi connectivity index (χ3n) is 11.0. The molecule has 9 nitrogen and oxygen atoms in total. The minimum Gasteiger partial charge on any atom is -0.456 e. The highest BCUT2D eigenvalue weighted by molar-refractivity contribution is 5.97. The molecule has 0 heterocycles. The summed E-state index contributed by atoms with van der Waals surface area (Å²) in [6.45, 7) is 8.78. The quantitative estimate of drug-likeness (QED) is 0.142. The number of esters is 2. The highest BCUT2D eigenvalue weighted by Gasteiger charge is 2.89. The van der Waals surface area contributed by atoms with Gasteiger partial charge in [-0.1, -0.05) is 78.4 Å². The fraction of sp³-hybridized carbons (Fsp3) is 0.788. The van der Waals surface area contributed by atoms with Crippen molar-refractivity contribution >= 4 is 17.7 Å². The van der Waals surface area contributed by atoms with Crippen molar-refractivity contribution in [3.63, 3.8) is 0 Å². The Morgan fingerprint density at radius 2 is 1.64 bits per heavy atom. The zero-order valence-corrected chi connectivity index (χ0v) is 26.0. The molecule has 0 aromatic heterocycles. The Morgan fingerprint density at radius 1 is 1.00 bits per heavy atom. The van der Waals surface area contributed by atoms with Crippen LogP contribution in [0.25, 0.3) is 0 Å². The Bertz CT molecular complexity index is 1140. The summed E-state index contributed by atoms with van der Waals surface area (Å²) in [4.78, 5) is 40.5. The Balaban J connectivity index is 1.67. The van der Waals surface area contributed by atoms with Gasteiger partial charge >= 0.3 is 11.9 Å². The molecule has 0 amide bonds. The maximum Gasteiger partial charge on any atom is 0.306 e. The van der Waals surface area contributed by atoms with E-state index in [2.05, 4.69) is 6.92 Å². The fourth-order valence-electron chi connectivity index (χ4n) is 8.47. The van der Waals surface area contributed by atoms with Gasteiger partial charge in [0.05, 0.1) is 23.5 Å². The maximum atomic E-state index is 14.6. The van der Waals surface area contributed by atoms with Crippen LogP contribution in [0.3, 0.4) is 0 Å². The molecule has 0 aromatic rings. The summed E-state index contributed by atoms with van der Waals surface area (Å²) in [5.74, 6) is -2.42. The molecule has 1 spiro atoms. The van der Waals surface area contributed by atoms with Gasteiger partial charge in [-0.25, -0.2) is 0 Å².